The van der Waals surface area contributed by atoms with Crippen molar-refractivity contribution in [1.82, 2.24) is 19.1 Å². The third-order valence-electron chi connectivity index (χ3n) is 6.63. The summed E-state index contributed by atoms with van der Waals surface area (Å²) in [5, 5.41) is 2.92. The SMILES string of the molecule is Cn1cccc(C(=O)N2CCC(CNC(=O)c3ccc(S(=O)(=O)N4CCCC4)cc3)CC2)c1=O. The molecular formula is C24H30N4O5S. The molecular weight excluding hydrogens is 456 g/mol. The summed E-state index contributed by atoms with van der Waals surface area (Å²) < 4.78 is 28.1. The average molecular weight is 487 g/mol. The molecule has 10 heteroatoms. The van der Waals surface area contributed by atoms with Crippen molar-refractivity contribution in [2.75, 3.05) is 32.7 Å². The van der Waals surface area contributed by atoms with Gasteiger partial charge in [0.15, 0.2) is 0 Å². The number of aromatic nitrogens is 1. The van der Waals surface area contributed by atoms with E-state index in [1.165, 1.54) is 21.0 Å². The molecule has 2 aliphatic rings. The maximum atomic E-state index is 12.7. The number of rotatable bonds is 6. The van der Waals surface area contributed by atoms with Gasteiger partial charge in [0.1, 0.15) is 5.56 Å². The fourth-order valence-electron chi connectivity index (χ4n) is 4.47. The van der Waals surface area contributed by atoms with Crippen molar-refractivity contribution in [2.45, 2.75) is 30.6 Å². The highest BCUT2D eigenvalue weighted by Crippen LogP contribution is 2.21. The first-order valence-corrected chi connectivity index (χ1v) is 13.0. The van der Waals surface area contributed by atoms with Gasteiger partial charge in [0.2, 0.25) is 10.0 Å². The van der Waals surface area contributed by atoms with Crippen LogP contribution in [-0.2, 0) is 17.1 Å². The van der Waals surface area contributed by atoms with E-state index in [0.29, 0.717) is 38.3 Å². The third kappa shape index (κ3) is 5.07. The summed E-state index contributed by atoms with van der Waals surface area (Å²) in [7, 11) is -1.88. The number of hydrogen-bond donors (Lipinski definition) is 1. The van der Waals surface area contributed by atoms with Gasteiger partial charge < -0.3 is 14.8 Å². The van der Waals surface area contributed by atoms with Gasteiger partial charge in [-0.1, -0.05) is 0 Å². The predicted molar refractivity (Wildman–Crippen MR) is 127 cm³/mol. The van der Waals surface area contributed by atoms with E-state index in [9.17, 15) is 22.8 Å². The number of carbonyl (C=O) groups is 2. The van der Waals surface area contributed by atoms with Crippen molar-refractivity contribution < 1.29 is 18.0 Å². The lowest BCUT2D eigenvalue weighted by atomic mass is 9.96. The predicted octanol–water partition coefficient (Wildman–Crippen LogP) is 1.45. The zero-order valence-corrected chi connectivity index (χ0v) is 20.1. The van der Waals surface area contributed by atoms with E-state index in [4.69, 9.17) is 0 Å². The molecule has 34 heavy (non-hydrogen) atoms. The molecule has 9 nitrogen and oxygen atoms in total. The fraction of sp³-hybridized carbons (Fsp3) is 0.458. The summed E-state index contributed by atoms with van der Waals surface area (Å²) in [6.07, 6.45) is 4.82. The normalized spacial score (nSPS) is 17.6. The first-order chi connectivity index (χ1) is 16.3. The minimum absolute atomic E-state index is 0.173. The number of nitrogens with one attached hydrogen (secondary N) is 1. The molecule has 1 aromatic heterocycles. The van der Waals surface area contributed by atoms with Crippen molar-refractivity contribution in [3.63, 3.8) is 0 Å². The number of nitrogens with zero attached hydrogens (tertiary/aromatic N) is 3. The van der Waals surface area contributed by atoms with Gasteiger partial charge in [-0.3, -0.25) is 14.4 Å². The molecule has 2 amide bonds. The van der Waals surface area contributed by atoms with Gasteiger partial charge in [-0.05, 0) is 68.0 Å². The fourth-order valence-corrected chi connectivity index (χ4v) is 5.98. The van der Waals surface area contributed by atoms with Gasteiger partial charge in [0, 0.05) is 51.5 Å². The second-order valence-electron chi connectivity index (χ2n) is 8.92. The van der Waals surface area contributed by atoms with Crippen molar-refractivity contribution in [3.05, 3.63) is 64.1 Å². The second kappa shape index (κ2) is 10.1. The Hall–Kier alpha value is -2.98. The molecule has 182 valence electrons. The number of likely N-dealkylation sites (tertiary alicyclic amines) is 1. The quantitative estimate of drug-likeness (QED) is 0.665. The van der Waals surface area contributed by atoms with Crippen molar-refractivity contribution in [2.24, 2.45) is 13.0 Å². The molecule has 0 spiro atoms. The van der Waals surface area contributed by atoms with Gasteiger partial charge >= 0.3 is 0 Å². The van der Waals surface area contributed by atoms with Crippen LogP contribution in [0.1, 0.15) is 46.4 Å². The van der Waals surface area contributed by atoms with Crippen LogP contribution >= 0.6 is 0 Å². The lowest BCUT2D eigenvalue weighted by Gasteiger charge is -2.32. The monoisotopic (exact) mass is 486 g/mol. The zero-order chi connectivity index (χ0) is 24.3. The molecule has 1 aromatic carbocycles. The van der Waals surface area contributed by atoms with Gasteiger partial charge in [0.25, 0.3) is 17.4 Å². The summed E-state index contributed by atoms with van der Waals surface area (Å²) in [6.45, 7) is 2.61. The molecule has 0 atom stereocenters. The summed E-state index contributed by atoms with van der Waals surface area (Å²) in [5.74, 6) is -0.287. The van der Waals surface area contributed by atoms with Crippen LogP contribution < -0.4 is 10.9 Å². The van der Waals surface area contributed by atoms with Crippen molar-refractivity contribution in [1.29, 1.82) is 0 Å². The average Bonchev–Trinajstić information content (AvgIpc) is 3.40. The Balaban J connectivity index is 1.27. The number of pyridine rings is 1. The second-order valence-corrected chi connectivity index (χ2v) is 10.9. The molecule has 2 saturated heterocycles. The van der Waals surface area contributed by atoms with Crippen LogP contribution in [0.2, 0.25) is 0 Å². The molecule has 2 aromatic rings. The number of amides is 2. The Morgan fingerprint density at radius 2 is 1.65 bits per heavy atom. The Morgan fingerprint density at radius 1 is 1.00 bits per heavy atom. The van der Waals surface area contributed by atoms with E-state index in [0.717, 1.165) is 25.7 Å². The van der Waals surface area contributed by atoms with E-state index >= 15 is 0 Å². The van der Waals surface area contributed by atoms with Gasteiger partial charge in [-0.15, -0.1) is 0 Å². The van der Waals surface area contributed by atoms with Crippen molar-refractivity contribution >= 4 is 21.8 Å². The summed E-state index contributed by atoms with van der Waals surface area (Å²) in [5.41, 5.74) is 0.279. The first kappa shape index (κ1) is 24.2. The van der Waals surface area contributed by atoms with Crippen LogP contribution in [0, 0.1) is 5.92 Å². The van der Waals surface area contributed by atoms with E-state index in [1.807, 2.05) is 0 Å². The van der Waals surface area contributed by atoms with E-state index in [-0.39, 0.29) is 33.8 Å². The number of hydrogen-bond acceptors (Lipinski definition) is 5. The molecule has 0 aliphatic carbocycles. The minimum Gasteiger partial charge on any atom is -0.352 e. The van der Waals surface area contributed by atoms with Crippen LogP contribution in [0.5, 0.6) is 0 Å². The summed E-state index contributed by atoms with van der Waals surface area (Å²) in [6, 6.07) is 9.30. The summed E-state index contributed by atoms with van der Waals surface area (Å²) in [4.78, 5) is 39.4. The Morgan fingerprint density at radius 3 is 2.29 bits per heavy atom. The number of benzene rings is 1. The van der Waals surface area contributed by atoms with Crippen LogP contribution in [-0.4, -0.2) is 66.7 Å². The molecule has 4 rings (SSSR count). The molecule has 2 aliphatic heterocycles. The standard InChI is InChI=1S/C24H30N4O5S/c1-26-12-4-5-21(23(26)30)24(31)27-15-10-18(11-16-27)17-25-22(29)19-6-8-20(9-7-19)34(32,33)28-13-2-3-14-28/h4-9,12,18H,2-3,10-11,13-17H2,1H3,(H,25,29). The lowest BCUT2D eigenvalue weighted by Crippen LogP contribution is -2.43. The third-order valence-corrected chi connectivity index (χ3v) is 8.54. The van der Waals surface area contributed by atoms with Gasteiger partial charge in [0.05, 0.1) is 4.90 Å². The van der Waals surface area contributed by atoms with Crippen LogP contribution in [0.25, 0.3) is 0 Å². The smallest absolute Gasteiger partial charge is 0.263 e. The lowest BCUT2D eigenvalue weighted by molar-refractivity contribution is 0.0682. The van der Waals surface area contributed by atoms with Gasteiger partial charge in [-0.25, -0.2) is 8.42 Å². The number of piperidine rings is 1. The number of sulfonamides is 1. The Labute approximate surface area is 199 Å². The van der Waals surface area contributed by atoms with Crippen LogP contribution in [0.4, 0.5) is 0 Å². The maximum absolute atomic E-state index is 12.7. The summed E-state index contributed by atoms with van der Waals surface area (Å²) >= 11 is 0. The van der Waals surface area contributed by atoms with E-state index in [1.54, 1.807) is 42.4 Å². The molecule has 0 radical (unpaired) electrons. The zero-order valence-electron chi connectivity index (χ0n) is 19.3. The van der Waals surface area contributed by atoms with Crippen LogP contribution in [0.15, 0.2) is 52.3 Å². The number of carbonyl (C=O) groups excluding carboxylic acids is 2. The minimum atomic E-state index is -3.50. The number of aryl methyl sites for hydroxylation is 1. The highest BCUT2D eigenvalue weighted by atomic mass is 32.2. The van der Waals surface area contributed by atoms with Crippen LogP contribution in [0.3, 0.4) is 0 Å². The largest absolute Gasteiger partial charge is 0.352 e. The van der Waals surface area contributed by atoms with Crippen molar-refractivity contribution in [3.8, 4) is 0 Å². The highest BCUT2D eigenvalue weighted by molar-refractivity contribution is 7.89. The Kier molecular flexibility index (Phi) is 7.18. The van der Waals surface area contributed by atoms with E-state index < -0.39 is 10.0 Å². The van der Waals surface area contributed by atoms with E-state index in [2.05, 4.69) is 5.32 Å². The molecule has 1 N–H and O–H groups in total. The molecule has 3 heterocycles. The van der Waals surface area contributed by atoms with Gasteiger partial charge in [-0.2, -0.15) is 4.31 Å². The maximum Gasteiger partial charge on any atom is 0.263 e. The molecule has 2 fully saturated rings. The Bertz CT molecular complexity index is 1210. The molecule has 0 bridgehead atoms. The molecule has 0 unspecified atom stereocenters. The highest BCUT2D eigenvalue weighted by Gasteiger charge is 2.28. The topological polar surface area (TPSA) is 109 Å². The first-order valence-electron chi connectivity index (χ1n) is 11.6. The molecule has 0 saturated carbocycles.